The number of carbonyl (C=O) groups excluding carboxylic acids is 2. The lowest BCUT2D eigenvalue weighted by atomic mass is 9.59. The molecule has 2 aliphatic heterocycles. The third-order valence-electron chi connectivity index (χ3n) is 8.17. The van der Waals surface area contributed by atoms with Crippen molar-refractivity contribution in [2.75, 3.05) is 0 Å². The monoisotopic (exact) mass is 495 g/mol. The maximum absolute atomic E-state index is 13.8. The number of aliphatic hydroxyl groups excluding tert-OH is 3. The minimum absolute atomic E-state index is 0.204. The highest BCUT2D eigenvalue weighted by atomic mass is 16.6. The summed E-state index contributed by atoms with van der Waals surface area (Å²) in [7, 11) is 0. The summed E-state index contributed by atoms with van der Waals surface area (Å²) >= 11 is 0. The fourth-order valence-electron chi connectivity index (χ4n) is 6.06. The van der Waals surface area contributed by atoms with Crippen molar-refractivity contribution in [3.05, 3.63) is 72.4 Å². The van der Waals surface area contributed by atoms with E-state index in [2.05, 4.69) is 11.9 Å². The molecule has 7 heteroatoms. The summed E-state index contributed by atoms with van der Waals surface area (Å²) in [5.41, 5.74) is 0.00183. The van der Waals surface area contributed by atoms with Gasteiger partial charge in [0.1, 0.15) is 0 Å². The van der Waals surface area contributed by atoms with Gasteiger partial charge in [0.15, 0.2) is 0 Å². The second kappa shape index (κ2) is 10.7. The van der Waals surface area contributed by atoms with Crippen molar-refractivity contribution in [2.45, 2.75) is 69.5 Å². The summed E-state index contributed by atoms with van der Waals surface area (Å²) in [4.78, 5) is 26.8. The van der Waals surface area contributed by atoms with E-state index in [1.807, 2.05) is 50.3 Å². The summed E-state index contributed by atoms with van der Waals surface area (Å²) in [6, 6.07) is 9.45. The van der Waals surface area contributed by atoms with Gasteiger partial charge in [-0.15, -0.1) is 0 Å². The van der Waals surface area contributed by atoms with Gasteiger partial charge in [0.05, 0.1) is 24.2 Å². The Morgan fingerprint density at radius 2 is 1.81 bits per heavy atom. The molecule has 2 heterocycles. The summed E-state index contributed by atoms with van der Waals surface area (Å²) < 4.78 is 6.01. The number of nitrogens with one attached hydrogen (secondary N) is 1. The number of esters is 1. The minimum atomic E-state index is -1.64. The number of allylic oxidation sites excluding steroid dienone is 1. The lowest BCUT2D eigenvalue weighted by Gasteiger charge is -2.49. The van der Waals surface area contributed by atoms with Crippen molar-refractivity contribution < 1.29 is 29.6 Å². The molecule has 1 aromatic carbocycles. The lowest BCUT2D eigenvalue weighted by Crippen LogP contribution is -2.61. The molecule has 0 aromatic heterocycles. The zero-order valence-electron chi connectivity index (χ0n) is 20.9. The summed E-state index contributed by atoms with van der Waals surface area (Å²) in [6.45, 7) is 8.11. The van der Waals surface area contributed by atoms with Crippen LogP contribution in [0.4, 0.5) is 0 Å². The summed E-state index contributed by atoms with van der Waals surface area (Å²) in [6.07, 6.45) is 4.91. The van der Waals surface area contributed by atoms with Gasteiger partial charge in [-0.3, -0.25) is 4.79 Å². The van der Waals surface area contributed by atoms with Crippen molar-refractivity contribution in [3.63, 3.8) is 0 Å². The molecule has 0 unspecified atom stereocenters. The van der Waals surface area contributed by atoms with Crippen LogP contribution in [0.25, 0.3) is 0 Å². The van der Waals surface area contributed by atoms with Crippen molar-refractivity contribution in [1.82, 2.24) is 5.32 Å². The highest BCUT2D eigenvalue weighted by Crippen LogP contribution is 2.52. The van der Waals surface area contributed by atoms with Gasteiger partial charge in [0.2, 0.25) is 5.60 Å². The van der Waals surface area contributed by atoms with E-state index < -0.39 is 47.6 Å². The average Bonchev–Trinajstić information content (AvgIpc) is 3.12. The molecule has 194 valence electrons. The van der Waals surface area contributed by atoms with E-state index in [9.17, 15) is 24.9 Å². The SMILES string of the molecule is C=C1[C@@H](C)[C@H]2[C@H](Cc3ccccc3)NC(=O)[C@]23OC(=O)C=C[C@H](O)[C@H](O)CC[C@@H](C)C/C=C/[C@H]3[C@@H]1O. The fraction of sp³-hybridized carbons (Fsp3) is 0.517. The van der Waals surface area contributed by atoms with E-state index in [4.69, 9.17) is 4.74 Å². The fourth-order valence-corrected chi connectivity index (χ4v) is 6.06. The topological polar surface area (TPSA) is 116 Å². The van der Waals surface area contributed by atoms with E-state index >= 15 is 0 Å². The van der Waals surface area contributed by atoms with Gasteiger partial charge in [0, 0.05) is 18.0 Å². The van der Waals surface area contributed by atoms with Crippen LogP contribution in [0.2, 0.25) is 0 Å². The number of rotatable bonds is 2. The molecular weight excluding hydrogens is 458 g/mol. The minimum Gasteiger partial charge on any atom is -0.445 e. The van der Waals surface area contributed by atoms with E-state index in [0.717, 1.165) is 11.6 Å². The molecule has 4 N–H and O–H groups in total. The molecule has 1 amide bonds. The number of carbonyl (C=O) groups is 2. The molecule has 2 fully saturated rings. The van der Waals surface area contributed by atoms with E-state index in [0.29, 0.717) is 31.3 Å². The summed E-state index contributed by atoms with van der Waals surface area (Å²) in [5.74, 6) is -2.62. The van der Waals surface area contributed by atoms with Crippen LogP contribution in [0.1, 0.15) is 38.7 Å². The van der Waals surface area contributed by atoms with Crippen molar-refractivity contribution >= 4 is 11.9 Å². The molecule has 3 aliphatic rings. The molecule has 1 saturated heterocycles. The number of benzene rings is 1. The van der Waals surface area contributed by atoms with Crippen LogP contribution in [-0.2, 0) is 20.7 Å². The molecule has 1 aliphatic carbocycles. The second-order valence-corrected chi connectivity index (χ2v) is 10.6. The standard InChI is InChI=1S/C29H37NO6/c1-17-8-7-11-21-27(34)19(3)18(2)26-22(16-20-9-5-4-6-10-20)30-28(35)29(21,26)36-25(33)15-14-24(32)23(31)13-12-17/h4-7,9-11,14-15,17-18,21-24,26-27,31-32,34H,3,8,12-13,16H2,1-2H3,(H,30,35)/b11-7+,15-14?/t17-,18+,21-,22-,23+,24-,26-,27+,29+/m0/s1. The first-order chi connectivity index (χ1) is 17.1. The largest absolute Gasteiger partial charge is 0.445 e. The van der Waals surface area contributed by atoms with Gasteiger partial charge in [-0.25, -0.2) is 4.79 Å². The van der Waals surface area contributed by atoms with Crippen LogP contribution in [0, 0.1) is 23.7 Å². The maximum Gasteiger partial charge on any atom is 0.331 e. The zero-order valence-corrected chi connectivity index (χ0v) is 20.9. The molecular formula is C29H37NO6. The molecule has 0 bridgehead atoms. The quantitative estimate of drug-likeness (QED) is 0.370. The Bertz CT molecular complexity index is 1040. The molecule has 1 saturated carbocycles. The molecule has 7 nitrogen and oxygen atoms in total. The molecule has 36 heavy (non-hydrogen) atoms. The first kappa shape index (κ1) is 26.3. The highest BCUT2D eigenvalue weighted by Gasteiger charge is 2.67. The van der Waals surface area contributed by atoms with Crippen LogP contribution in [-0.4, -0.2) is 57.2 Å². The first-order valence-corrected chi connectivity index (χ1v) is 12.8. The number of aliphatic hydroxyl groups is 3. The Labute approximate surface area is 212 Å². The summed E-state index contributed by atoms with van der Waals surface area (Å²) in [5, 5.41) is 34.9. The smallest absolute Gasteiger partial charge is 0.331 e. The van der Waals surface area contributed by atoms with Crippen molar-refractivity contribution in [1.29, 1.82) is 0 Å². The van der Waals surface area contributed by atoms with Crippen molar-refractivity contribution in [3.8, 4) is 0 Å². The van der Waals surface area contributed by atoms with Gasteiger partial charge in [-0.05, 0) is 54.7 Å². The zero-order chi connectivity index (χ0) is 26.0. The van der Waals surface area contributed by atoms with Crippen LogP contribution in [0.15, 0.2) is 66.8 Å². The molecule has 9 atom stereocenters. The molecule has 1 aromatic rings. The maximum atomic E-state index is 13.8. The Kier molecular flexibility index (Phi) is 7.83. The Morgan fingerprint density at radius 1 is 1.08 bits per heavy atom. The number of amides is 1. The van der Waals surface area contributed by atoms with Gasteiger partial charge in [-0.2, -0.15) is 0 Å². The van der Waals surface area contributed by atoms with Crippen molar-refractivity contribution in [2.24, 2.45) is 23.7 Å². The third kappa shape index (κ3) is 4.92. The lowest BCUT2D eigenvalue weighted by molar-refractivity contribution is -0.182. The van der Waals surface area contributed by atoms with E-state index in [1.165, 1.54) is 6.08 Å². The predicted molar refractivity (Wildman–Crippen MR) is 135 cm³/mol. The Hall–Kier alpha value is -2.74. The normalized spacial score (nSPS) is 40.4. The highest BCUT2D eigenvalue weighted by molar-refractivity contribution is 5.94. The molecule has 4 rings (SSSR count). The van der Waals surface area contributed by atoms with Gasteiger partial charge < -0.3 is 25.4 Å². The Morgan fingerprint density at radius 3 is 2.53 bits per heavy atom. The first-order valence-electron chi connectivity index (χ1n) is 12.8. The van der Waals surface area contributed by atoms with Gasteiger partial charge in [0.25, 0.3) is 5.91 Å². The van der Waals surface area contributed by atoms with Gasteiger partial charge >= 0.3 is 5.97 Å². The van der Waals surface area contributed by atoms with Crippen LogP contribution >= 0.6 is 0 Å². The number of ether oxygens (including phenoxy) is 1. The number of hydrogen-bond donors (Lipinski definition) is 4. The molecule has 0 radical (unpaired) electrons. The predicted octanol–water partition coefficient (Wildman–Crippen LogP) is 2.46. The second-order valence-electron chi connectivity index (χ2n) is 10.6. The van der Waals surface area contributed by atoms with E-state index in [1.54, 1.807) is 6.08 Å². The van der Waals surface area contributed by atoms with Crippen LogP contribution < -0.4 is 5.32 Å². The average molecular weight is 496 g/mol. The third-order valence-corrected chi connectivity index (χ3v) is 8.17. The van der Waals surface area contributed by atoms with Crippen LogP contribution in [0.5, 0.6) is 0 Å². The number of hydrogen-bond acceptors (Lipinski definition) is 6. The van der Waals surface area contributed by atoms with Gasteiger partial charge in [-0.1, -0.05) is 62.9 Å². The van der Waals surface area contributed by atoms with Crippen LogP contribution in [0.3, 0.4) is 0 Å². The van der Waals surface area contributed by atoms with E-state index in [-0.39, 0.29) is 17.9 Å². The Balaban J connectivity index is 1.78. The molecule has 1 spiro atoms.